The molecule has 1 saturated carbocycles. The van der Waals surface area contributed by atoms with E-state index in [4.69, 9.17) is 13.9 Å². The number of methoxy groups -OCH3 is 2. The molecule has 0 amide bonds. The Kier molecular flexibility index (Phi) is 5.45. The van der Waals surface area contributed by atoms with Crippen LogP contribution in [-0.4, -0.2) is 25.4 Å². The third kappa shape index (κ3) is 3.38. The van der Waals surface area contributed by atoms with E-state index in [1.807, 2.05) is 6.07 Å². The van der Waals surface area contributed by atoms with Crippen molar-refractivity contribution < 1.29 is 19.0 Å². The Morgan fingerprint density at radius 1 is 1.19 bits per heavy atom. The van der Waals surface area contributed by atoms with E-state index in [9.17, 15) is 9.90 Å². The summed E-state index contributed by atoms with van der Waals surface area (Å²) in [4.78, 5) is 11.9. The van der Waals surface area contributed by atoms with Gasteiger partial charge in [-0.2, -0.15) is 0 Å². The van der Waals surface area contributed by atoms with E-state index in [0.29, 0.717) is 17.3 Å². The summed E-state index contributed by atoms with van der Waals surface area (Å²) in [5.74, 6) is 1.97. The van der Waals surface area contributed by atoms with Crippen LogP contribution in [-0.2, 0) is 6.42 Å². The number of ether oxygens (including phenoxy) is 2. The highest BCUT2D eigenvalue weighted by Crippen LogP contribution is 2.60. The largest absolute Gasteiger partial charge is 0.496 e. The van der Waals surface area contributed by atoms with Crippen LogP contribution in [0.5, 0.6) is 11.5 Å². The second-order valence-electron chi connectivity index (χ2n) is 10.1. The van der Waals surface area contributed by atoms with E-state index < -0.39 is 5.63 Å². The molecule has 168 valence electrons. The molecule has 0 radical (unpaired) electrons. The standard InChI is InChI=1S/C26H34O5/c1-15-7-9-20-25(2,3)21(27)11-12-26(20,4)18(15)14-17-19(29-5)13-16-8-10-22(28)31-23(16)24(17)30-6/h7-8,10,13,18,20-21,27H,9,11-12,14H2,1-6H3/t18-,20+,21-,26-/m0/s1. The van der Waals surface area contributed by atoms with Crippen LogP contribution in [0.25, 0.3) is 11.0 Å². The molecule has 1 aromatic heterocycles. The number of rotatable bonds is 4. The maximum absolute atomic E-state index is 11.9. The molecule has 1 aromatic carbocycles. The van der Waals surface area contributed by atoms with Crippen LogP contribution in [0.2, 0.25) is 0 Å². The summed E-state index contributed by atoms with van der Waals surface area (Å²) in [6, 6.07) is 5.08. The fraction of sp³-hybridized carbons (Fsp3) is 0.577. The van der Waals surface area contributed by atoms with Gasteiger partial charge in [-0.05, 0) is 67.4 Å². The third-order valence-electron chi connectivity index (χ3n) is 8.29. The second-order valence-corrected chi connectivity index (χ2v) is 10.1. The molecule has 5 nitrogen and oxygen atoms in total. The van der Waals surface area contributed by atoms with Gasteiger partial charge >= 0.3 is 5.63 Å². The molecule has 1 fully saturated rings. The molecule has 1 N–H and O–H groups in total. The van der Waals surface area contributed by atoms with Gasteiger partial charge in [0.05, 0.1) is 20.3 Å². The summed E-state index contributed by atoms with van der Waals surface area (Å²) < 4.78 is 17.1. The molecule has 2 aromatic rings. The fourth-order valence-electron chi connectivity index (χ4n) is 6.42. The van der Waals surface area contributed by atoms with E-state index in [0.717, 1.165) is 42.4 Å². The lowest BCUT2D eigenvalue weighted by atomic mass is 9.47. The highest BCUT2D eigenvalue weighted by Gasteiger charge is 2.55. The van der Waals surface area contributed by atoms with Gasteiger partial charge in [-0.15, -0.1) is 0 Å². The van der Waals surface area contributed by atoms with Crippen LogP contribution in [0.15, 0.2) is 39.1 Å². The van der Waals surface area contributed by atoms with Crippen LogP contribution in [0.4, 0.5) is 0 Å². The van der Waals surface area contributed by atoms with E-state index in [-0.39, 0.29) is 22.9 Å². The van der Waals surface area contributed by atoms with Crippen molar-refractivity contribution in [2.24, 2.45) is 22.7 Å². The Balaban J connectivity index is 1.85. The maximum atomic E-state index is 11.9. The first-order chi connectivity index (χ1) is 14.6. The minimum absolute atomic E-state index is 0.0457. The van der Waals surface area contributed by atoms with Crippen molar-refractivity contribution in [2.45, 2.75) is 59.5 Å². The molecule has 2 aliphatic carbocycles. The number of aliphatic hydroxyl groups excluding tert-OH is 1. The van der Waals surface area contributed by atoms with Gasteiger partial charge in [-0.1, -0.05) is 32.4 Å². The van der Waals surface area contributed by atoms with Crippen molar-refractivity contribution in [3.8, 4) is 11.5 Å². The van der Waals surface area contributed by atoms with Gasteiger partial charge in [-0.3, -0.25) is 0 Å². The number of hydrogen-bond acceptors (Lipinski definition) is 5. The average Bonchev–Trinajstić information content (AvgIpc) is 2.73. The fourth-order valence-corrected chi connectivity index (χ4v) is 6.42. The SMILES string of the molecule is COc1cc2ccc(=O)oc2c(OC)c1C[C@H]1C(C)=CC[C@@H]2C(C)(C)[C@@H](O)CC[C@]21C. The van der Waals surface area contributed by atoms with Crippen LogP contribution in [0, 0.1) is 22.7 Å². The zero-order valence-electron chi connectivity index (χ0n) is 19.5. The van der Waals surface area contributed by atoms with Crippen LogP contribution < -0.4 is 15.1 Å². The molecule has 0 unspecified atom stereocenters. The Morgan fingerprint density at radius 2 is 1.94 bits per heavy atom. The van der Waals surface area contributed by atoms with E-state index in [1.165, 1.54) is 11.6 Å². The van der Waals surface area contributed by atoms with Crippen LogP contribution in [0.1, 0.15) is 52.5 Å². The van der Waals surface area contributed by atoms with Crippen molar-refractivity contribution in [1.82, 2.24) is 0 Å². The molecule has 0 saturated heterocycles. The summed E-state index contributed by atoms with van der Waals surface area (Å²) in [5, 5.41) is 11.5. The predicted octanol–water partition coefficient (Wildman–Crippen LogP) is 5.12. The smallest absolute Gasteiger partial charge is 0.336 e. The summed E-state index contributed by atoms with van der Waals surface area (Å²) >= 11 is 0. The Bertz CT molecular complexity index is 1080. The number of benzene rings is 1. The maximum Gasteiger partial charge on any atom is 0.336 e. The van der Waals surface area contributed by atoms with Crippen molar-refractivity contribution in [1.29, 1.82) is 0 Å². The van der Waals surface area contributed by atoms with E-state index in [1.54, 1.807) is 20.3 Å². The van der Waals surface area contributed by atoms with Gasteiger partial charge in [0.15, 0.2) is 11.3 Å². The van der Waals surface area contributed by atoms with Gasteiger partial charge in [0, 0.05) is 17.0 Å². The van der Waals surface area contributed by atoms with Crippen molar-refractivity contribution in [3.05, 3.63) is 45.8 Å². The molecule has 31 heavy (non-hydrogen) atoms. The molecule has 2 aliphatic rings. The topological polar surface area (TPSA) is 68.9 Å². The summed E-state index contributed by atoms with van der Waals surface area (Å²) in [5.41, 5.74) is 2.26. The molecule has 5 heteroatoms. The zero-order valence-corrected chi connectivity index (χ0v) is 19.5. The number of hydrogen-bond donors (Lipinski definition) is 1. The second kappa shape index (κ2) is 7.70. The lowest BCUT2D eigenvalue weighted by Gasteiger charge is -2.58. The Morgan fingerprint density at radius 3 is 2.61 bits per heavy atom. The van der Waals surface area contributed by atoms with Crippen molar-refractivity contribution in [2.75, 3.05) is 14.2 Å². The first-order valence-corrected chi connectivity index (χ1v) is 11.2. The lowest BCUT2D eigenvalue weighted by Crippen LogP contribution is -2.54. The number of fused-ring (bicyclic) bond motifs is 2. The predicted molar refractivity (Wildman–Crippen MR) is 122 cm³/mol. The van der Waals surface area contributed by atoms with Gasteiger partial charge < -0.3 is 19.0 Å². The number of aliphatic hydroxyl groups is 1. The first kappa shape index (κ1) is 21.9. The van der Waals surface area contributed by atoms with Gasteiger partial charge in [0.2, 0.25) is 0 Å². The highest BCUT2D eigenvalue weighted by molar-refractivity contribution is 5.86. The summed E-state index contributed by atoms with van der Waals surface area (Å²) in [7, 11) is 3.27. The number of allylic oxidation sites excluding steroid dienone is 2. The molecule has 0 spiro atoms. The monoisotopic (exact) mass is 426 g/mol. The summed E-state index contributed by atoms with van der Waals surface area (Å²) in [6.45, 7) is 9.01. The molecule has 4 rings (SSSR count). The molecule has 1 heterocycles. The molecular formula is C26H34O5. The molecule has 0 bridgehead atoms. The van der Waals surface area contributed by atoms with Crippen LogP contribution in [0.3, 0.4) is 0 Å². The normalized spacial score (nSPS) is 29.9. The van der Waals surface area contributed by atoms with Crippen molar-refractivity contribution in [3.63, 3.8) is 0 Å². The van der Waals surface area contributed by atoms with Crippen molar-refractivity contribution >= 4 is 11.0 Å². The van der Waals surface area contributed by atoms with Gasteiger partial charge in [0.1, 0.15) is 5.75 Å². The lowest BCUT2D eigenvalue weighted by molar-refractivity contribution is -0.114. The Labute approximate surface area is 184 Å². The van der Waals surface area contributed by atoms with Crippen LogP contribution >= 0.6 is 0 Å². The van der Waals surface area contributed by atoms with Gasteiger partial charge in [0.25, 0.3) is 0 Å². The molecule has 0 aliphatic heterocycles. The van der Waals surface area contributed by atoms with E-state index >= 15 is 0 Å². The van der Waals surface area contributed by atoms with Gasteiger partial charge in [-0.25, -0.2) is 4.79 Å². The quantitative estimate of drug-likeness (QED) is 0.543. The first-order valence-electron chi connectivity index (χ1n) is 11.2. The Hall–Kier alpha value is -2.27. The molecule has 4 atom stereocenters. The van der Waals surface area contributed by atoms with E-state index in [2.05, 4.69) is 33.8 Å². The minimum atomic E-state index is -0.397. The third-order valence-corrected chi connectivity index (χ3v) is 8.29. The highest BCUT2D eigenvalue weighted by atomic mass is 16.5. The average molecular weight is 427 g/mol. The summed E-state index contributed by atoms with van der Waals surface area (Å²) in [6.07, 6.45) is 5.57. The minimum Gasteiger partial charge on any atom is -0.496 e. The molecular weight excluding hydrogens is 392 g/mol. The zero-order chi connectivity index (χ0) is 22.6.